The number of aryl methyl sites for hydroxylation is 2. The van der Waals surface area contributed by atoms with Crippen molar-refractivity contribution < 1.29 is 14.7 Å². The molecule has 1 atom stereocenters. The number of hydrogen-bond donors (Lipinski definition) is 1. The van der Waals surface area contributed by atoms with E-state index >= 15 is 0 Å². The van der Waals surface area contributed by atoms with E-state index in [0.29, 0.717) is 29.5 Å². The third-order valence-corrected chi connectivity index (χ3v) is 4.26. The van der Waals surface area contributed by atoms with E-state index in [1.807, 2.05) is 0 Å². The van der Waals surface area contributed by atoms with Gasteiger partial charge in [-0.3, -0.25) is 4.79 Å². The lowest BCUT2D eigenvalue weighted by Crippen LogP contribution is -2.24. The lowest BCUT2D eigenvalue weighted by molar-refractivity contribution is -0.126. The van der Waals surface area contributed by atoms with Crippen molar-refractivity contribution in [3.63, 3.8) is 0 Å². The van der Waals surface area contributed by atoms with Gasteiger partial charge < -0.3 is 10.0 Å². The van der Waals surface area contributed by atoms with E-state index < -0.39 is 5.97 Å². The fourth-order valence-corrected chi connectivity index (χ4v) is 3.36. The van der Waals surface area contributed by atoms with Gasteiger partial charge in [0.25, 0.3) is 0 Å². The zero-order valence-electron chi connectivity index (χ0n) is 11.0. The van der Waals surface area contributed by atoms with Crippen LogP contribution in [0.4, 0.5) is 0 Å². The third kappa shape index (κ3) is 2.70. The van der Waals surface area contributed by atoms with Crippen LogP contribution in [0.1, 0.15) is 28.3 Å². The van der Waals surface area contributed by atoms with Gasteiger partial charge in [0.15, 0.2) is 0 Å². The number of rotatable bonds is 3. The van der Waals surface area contributed by atoms with Crippen molar-refractivity contribution in [1.29, 1.82) is 0 Å². The number of amides is 1. The van der Waals surface area contributed by atoms with E-state index in [2.05, 4.69) is 9.97 Å². The molecule has 0 aliphatic carbocycles. The lowest BCUT2D eigenvalue weighted by Gasteiger charge is -2.12. The highest BCUT2D eigenvalue weighted by Gasteiger charge is 2.32. The molecule has 1 amide bonds. The van der Waals surface area contributed by atoms with Crippen molar-refractivity contribution in [2.45, 2.75) is 30.5 Å². The highest BCUT2D eigenvalue weighted by Crippen LogP contribution is 2.32. The summed E-state index contributed by atoms with van der Waals surface area (Å²) >= 11 is 1.22. The third-order valence-electron chi connectivity index (χ3n) is 3.01. The summed E-state index contributed by atoms with van der Waals surface area (Å²) in [6.07, 6.45) is 0.709. The van der Waals surface area contributed by atoms with Gasteiger partial charge in [0.1, 0.15) is 16.4 Å². The van der Waals surface area contributed by atoms with Crippen molar-refractivity contribution in [3.8, 4) is 0 Å². The predicted molar refractivity (Wildman–Crippen MR) is 70.4 cm³/mol. The van der Waals surface area contributed by atoms with Crippen LogP contribution in [-0.4, -0.2) is 50.7 Å². The molecule has 0 aromatic carbocycles. The van der Waals surface area contributed by atoms with Crippen molar-refractivity contribution >= 4 is 23.6 Å². The van der Waals surface area contributed by atoms with E-state index in [0.717, 1.165) is 0 Å². The maximum absolute atomic E-state index is 11.9. The second-order valence-corrected chi connectivity index (χ2v) is 5.69. The predicted octanol–water partition coefficient (Wildman–Crippen LogP) is 1.11. The number of hydrogen-bond acceptors (Lipinski definition) is 5. The van der Waals surface area contributed by atoms with Gasteiger partial charge in [0, 0.05) is 13.6 Å². The highest BCUT2D eigenvalue weighted by atomic mass is 32.2. The number of aromatic nitrogens is 2. The number of aromatic carboxylic acids is 1. The summed E-state index contributed by atoms with van der Waals surface area (Å²) in [7, 11) is 1.75. The molecule has 0 bridgehead atoms. The van der Waals surface area contributed by atoms with Crippen LogP contribution in [0.5, 0.6) is 0 Å². The van der Waals surface area contributed by atoms with Gasteiger partial charge >= 0.3 is 5.97 Å². The first-order valence-electron chi connectivity index (χ1n) is 5.90. The first kappa shape index (κ1) is 13.8. The number of carbonyl (C=O) groups is 2. The molecule has 1 aromatic rings. The first-order chi connectivity index (χ1) is 8.90. The van der Waals surface area contributed by atoms with Crippen LogP contribution in [0.3, 0.4) is 0 Å². The van der Waals surface area contributed by atoms with E-state index in [-0.39, 0.29) is 16.7 Å². The molecular formula is C12H15N3O3S. The molecule has 1 N–H and O–H groups in total. The maximum atomic E-state index is 11.9. The Balaban J connectivity index is 2.34. The van der Waals surface area contributed by atoms with Gasteiger partial charge in [-0.25, -0.2) is 14.8 Å². The molecule has 1 unspecified atom stereocenters. The molecule has 0 spiro atoms. The molecule has 0 radical (unpaired) electrons. The molecular weight excluding hydrogens is 266 g/mol. The number of thioether (sulfide) groups is 1. The average Bonchev–Trinajstić information content (AvgIpc) is 2.59. The Morgan fingerprint density at radius 2 is 2.11 bits per heavy atom. The van der Waals surface area contributed by atoms with Crippen molar-refractivity contribution in [2.75, 3.05) is 13.6 Å². The Morgan fingerprint density at radius 3 is 2.63 bits per heavy atom. The molecule has 2 rings (SSSR count). The summed E-state index contributed by atoms with van der Waals surface area (Å²) in [4.78, 5) is 33.1. The van der Waals surface area contributed by atoms with Crippen LogP contribution in [0.15, 0.2) is 5.03 Å². The molecule has 1 aromatic heterocycles. The minimum absolute atomic E-state index is 0.0234. The Hall–Kier alpha value is -1.63. The van der Waals surface area contributed by atoms with Crippen LogP contribution in [-0.2, 0) is 4.79 Å². The second kappa shape index (κ2) is 5.16. The number of carboxylic acids is 1. The molecule has 1 aliphatic heterocycles. The zero-order chi connectivity index (χ0) is 14.2. The summed E-state index contributed by atoms with van der Waals surface area (Å²) < 4.78 is 0. The van der Waals surface area contributed by atoms with Gasteiger partial charge in [-0.05, 0) is 20.3 Å². The Labute approximate surface area is 115 Å². The fraction of sp³-hybridized carbons (Fsp3) is 0.500. The van der Waals surface area contributed by atoms with Crippen molar-refractivity contribution in [3.05, 3.63) is 17.1 Å². The molecule has 7 heteroatoms. The second-order valence-electron chi connectivity index (χ2n) is 4.50. The summed E-state index contributed by atoms with van der Waals surface area (Å²) in [5.41, 5.74) is 0.527. The van der Waals surface area contributed by atoms with Crippen LogP contribution in [0, 0.1) is 13.8 Å². The van der Waals surface area contributed by atoms with E-state index in [1.54, 1.807) is 25.8 Å². The van der Waals surface area contributed by atoms with Gasteiger partial charge in [-0.15, -0.1) is 0 Å². The standard InChI is InChI=1S/C12H15N3O3S/c1-6-9(12(17)18)10(14-7(2)13-6)19-8-4-5-15(3)11(8)16/h8H,4-5H2,1-3H3,(H,17,18). The SMILES string of the molecule is Cc1nc(C)c(C(=O)O)c(SC2CCN(C)C2=O)n1. The topological polar surface area (TPSA) is 83.4 Å². The molecule has 19 heavy (non-hydrogen) atoms. The van der Waals surface area contributed by atoms with Gasteiger partial charge in [0.05, 0.1) is 10.9 Å². The van der Waals surface area contributed by atoms with E-state index in [4.69, 9.17) is 0 Å². The quantitative estimate of drug-likeness (QED) is 0.836. The monoisotopic (exact) mass is 281 g/mol. The largest absolute Gasteiger partial charge is 0.478 e. The van der Waals surface area contributed by atoms with Gasteiger partial charge in [-0.1, -0.05) is 11.8 Å². The van der Waals surface area contributed by atoms with Crippen LogP contribution in [0.25, 0.3) is 0 Å². The summed E-state index contributed by atoms with van der Waals surface area (Å²) in [6, 6.07) is 0. The van der Waals surface area contributed by atoms with Crippen LogP contribution >= 0.6 is 11.8 Å². The number of carboxylic acid groups (broad SMARTS) is 1. The first-order valence-corrected chi connectivity index (χ1v) is 6.78. The number of carbonyl (C=O) groups excluding carboxylic acids is 1. The Morgan fingerprint density at radius 1 is 1.42 bits per heavy atom. The van der Waals surface area contributed by atoms with Crippen LogP contribution in [0.2, 0.25) is 0 Å². The summed E-state index contributed by atoms with van der Waals surface area (Å²) in [5.74, 6) is -0.516. The highest BCUT2D eigenvalue weighted by molar-refractivity contribution is 8.00. The number of nitrogens with zero attached hydrogens (tertiary/aromatic N) is 3. The molecule has 6 nitrogen and oxygen atoms in total. The smallest absolute Gasteiger partial charge is 0.340 e. The maximum Gasteiger partial charge on any atom is 0.340 e. The fourth-order valence-electron chi connectivity index (χ4n) is 2.05. The van der Waals surface area contributed by atoms with Gasteiger partial charge in [0.2, 0.25) is 5.91 Å². The zero-order valence-corrected chi connectivity index (χ0v) is 11.8. The number of likely N-dealkylation sites (tertiary alicyclic amines) is 1. The molecule has 1 aliphatic rings. The van der Waals surface area contributed by atoms with Crippen molar-refractivity contribution in [2.24, 2.45) is 0 Å². The van der Waals surface area contributed by atoms with Gasteiger partial charge in [-0.2, -0.15) is 0 Å². The minimum Gasteiger partial charge on any atom is -0.478 e. The molecule has 1 saturated heterocycles. The molecule has 1 fully saturated rings. The summed E-state index contributed by atoms with van der Waals surface area (Å²) in [5, 5.41) is 9.37. The minimum atomic E-state index is -1.06. The molecule has 2 heterocycles. The molecule has 102 valence electrons. The Kier molecular flexibility index (Phi) is 3.75. The Bertz CT molecular complexity index is 547. The van der Waals surface area contributed by atoms with Crippen molar-refractivity contribution in [1.82, 2.24) is 14.9 Å². The van der Waals surface area contributed by atoms with Crippen LogP contribution < -0.4 is 0 Å². The lowest BCUT2D eigenvalue weighted by atomic mass is 10.2. The normalized spacial score (nSPS) is 19.0. The van der Waals surface area contributed by atoms with E-state index in [1.165, 1.54) is 11.8 Å². The average molecular weight is 281 g/mol. The molecule has 0 saturated carbocycles. The van der Waals surface area contributed by atoms with E-state index in [9.17, 15) is 14.7 Å². The summed E-state index contributed by atoms with van der Waals surface area (Å²) in [6.45, 7) is 4.05.